The number of ether oxygens (including phenoxy) is 2. The highest BCUT2D eigenvalue weighted by molar-refractivity contribution is 5.78. The molecule has 1 aliphatic carbocycles. The van der Waals surface area contributed by atoms with Crippen LogP contribution in [-0.2, 0) is 10.2 Å². The van der Waals surface area contributed by atoms with Gasteiger partial charge in [-0.3, -0.25) is 0 Å². The molecule has 0 saturated carbocycles. The first-order chi connectivity index (χ1) is 20.6. The minimum atomic E-state index is -0.454. The van der Waals surface area contributed by atoms with Gasteiger partial charge in [-0.25, -0.2) is 0 Å². The zero-order chi connectivity index (χ0) is 28.9. The molecule has 2 nitrogen and oxygen atoms in total. The van der Waals surface area contributed by atoms with Crippen molar-refractivity contribution >= 4 is 0 Å². The lowest BCUT2D eigenvalue weighted by Gasteiger charge is -2.35. The average Bonchev–Trinajstić information content (AvgIpc) is 3.38. The van der Waals surface area contributed by atoms with E-state index < -0.39 is 6.29 Å². The molecule has 5 aromatic carbocycles. The first-order valence-electron chi connectivity index (χ1n) is 15.2. The third kappa shape index (κ3) is 5.65. The van der Waals surface area contributed by atoms with Crippen LogP contribution in [0.4, 0.5) is 0 Å². The van der Waals surface area contributed by atoms with Crippen LogP contribution < -0.4 is 4.74 Å². The highest BCUT2D eigenvalue weighted by atomic mass is 16.7. The summed E-state index contributed by atoms with van der Waals surface area (Å²) in [5, 5.41) is 0. The molecule has 0 heterocycles. The van der Waals surface area contributed by atoms with Crippen LogP contribution in [-0.4, -0.2) is 12.9 Å². The van der Waals surface area contributed by atoms with Crippen molar-refractivity contribution in [2.75, 3.05) is 6.61 Å². The second-order valence-corrected chi connectivity index (χ2v) is 11.8. The van der Waals surface area contributed by atoms with Crippen molar-refractivity contribution in [2.45, 2.75) is 57.2 Å². The fraction of sp³-hybridized carbons (Fsp3) is 0.250. The van der Waals surface area contributed by atoms with Gasteiger partial charge in [0.05, 0.1) is 6.61 Å². The Morgan fingerprint density at radius 1 is 0.643 bits per heavy atom. The van der Waals surface area contributed by atoms with Crippen LogP contribution in [0, 0.1) is 0 Å². The van der Waals surface area contributed by atoms with Crippen LogP contribution in [0.1, 0.15) is 73.3 Å². The summed E-state index contributed by atoms with van der Waals surface area (Å²) in [6, 6.07) is 47.5. The first-order valence-corrected chi connectivity index (χ1v) is 15.2. The highest BCUT2D eigenvalue weighted by Gasteiger charge is 2.35. The van der Waals surface area contributed by atoms with Crippen molar-refractivity contribution in [1.82, 2.24) is 0 Å². The van der Waals surface area contributed by atoms with Crippen LogP contribution in [0.5, 0.6) is 5.75 Å². The van der Waals surface area contributed by atoms with Gasteiger partial charge in [0, 0.05) is 17.8 Å². The van der Waals surface area contributed by atoms with Gasteiger partial charge in [-0.05, 0) is 63.4 Å². The smallest absolute Gasteiger partial charge is 0.201 e. The van der Waals surface area contributed by atoms with Gasteiger partial charge < -0.3 is 9.47 Å². The molecule has 0 N–H and O–H groups in total. The number of rotatable bonds is 11. The lowest BCUT2D eigenvalue weighted by atomic mass is 9.73. The molecule has 2 heteroatoms. The quantitative estimate of drug-likeness (QED) is 0.152. The van der Waals surface area contributed by atoms with Crippen LogP contribution in [0.2, 0.25) is 0 Å². The van der Waals surface area contributed by atoms with Gasteiger partial charge in [-0.2, -0.15) is 0 Å². The largest absolute Gasteiger partial charge is 0.465 e. The summed E-state index contributed by atoms with van der Waals surface area (Å²) >= 11 is 0. The summed E-state index contributed by atoms with van der Waals surface area (Å²) in [7, 11) is 0. The molecular formula is C40H40O2. The van der Waals surface area contributed by atoms with E-state index in [1.165, 1.54) is 38.9 Å². The Bertz CT molecular complexity index is 1510. The van der Waals surface area contributed by atoms with Crippen molar-refractivity contribution in [3.8, 4) is 16.9 Å². The van der Waals surface area contributed by atoms with Gasteiger partial charge in [-0.15, -0.1) is 0 Å². The van der Waals surface area contributed by atoms with E-state index >= 15 is 0 Å². The van der Waals surface area contributed by atoms with Gasteiger partial charge in [0.15, 0.2) is 0 Å². The van der Waals surface area contributed by atoms with Crippen molar-refractivity contribution in [3.63, 3.8) is 0 Å². The SMILES string of the molecule is CCC(C)c1ccc(OC(CC(C)(c2ccccc2)c2ccccc2)OCC2c3ccccc3-c3ccccc32)cc1. The molecule has 0 bridgehead atoms. The molecule has 2 atom stereocenters. The summed E-state index contributed by atoms with van der Waals surface area (Å²) < 4.78 is 13.6. The molecule has 0 saturated heterocycles. The van der Waals surface area contributed by atoms with E-state index in [0.29, 0.717) is 18.9 Å². The number of benzene rings is 5. The van der Waals surface area contributed by atoms with Crippen molar-refractivity contribution in [1.29, 1.82) is 0 Å². The number of hydrogen-bond acceptors (Lipinski definition) is 2. The second kappa shape index (κ2) is 12.4. The number of hydrogen-bond donors (Lipinski definition) is 0. The van der Waals surface area contributed by atoms with Crippen molar-refractivity contribution in [3.05, 3.63) is 161 Å². The Balaban J connectivity index is 1.33. The molecule has 0 aliphatic heterocycles. The monoisotopic (exact) mass is 552 g/mol. The van der Waals surface area contributed by atoms with Crippen LogP contribution in [0.3, 0.4) is 0 Å². The van der Waals surface area contributed by atoms with Crippen LogP contribution >= 0.6 is 0 Å². The second-order valence-electron chi connectivity index (χ2n) is 11.8. The third-order valence-electron chi connectivity index (χ3n) is 9.14. The summed E-state index contributed by atoms with van der Waals surface area (Å²) in [5.74, 6) is 1.52. The van der Waals surface area contributed by atoms with Gasteiger partial charge in [0.2, 0.25) is 6.29 Å². The highest BCUT2D eigenvalue weighted by Crippen LogP contribution is 2.45. The maximum atomic E-state index is 6.86. The molecule has 5 aromatic rings. The van der Waals surface area contributed by atoms with Gasteiger partial charge in [-0.1, -0.05) is 142 Å². The minimum absolute atomic E-state index is 0.163. The van der Waals surface area contributed by atoms with Crippen molar-refractivity contribution in [2.24, 2.45) is 0 Å². The predicted molar refractivity (Wildman–Crippen MR) is 173 cm³/mol. The fourth-order valence-corrected chi connectivity index (χ4v) is 6.39. The Morgan fingerprint density at radius 2 is 1.14 bits per heavy atom. The number of fused-ring (bicyclic) bond motifs is 3. The molecule has 2 unspecified atom stereocenters. The molecule has 0 radical (unpaired) electrons. The molecular weight excluding hydrogens is 512 g/mol. The summed E-state index contributed by atoms with van der Waals surface area (Å²) in [5.41, 5.74) is 8.77. The zero-order valence-corrected chi connectivity index (χ0v) is 24.9. The molecule has 0 spiro atoms. The first kappa shape index (κ1) is 28.0. The molecule has 42 heavy (non-hydrogen) atoms. The topological polar surface area (TPSA) is 18.5 Å². The third-order valence-corrected chi connectivity index (χ3v) is 9.14. The van der Waals surface area contributed by atoms with E-state index in [2.05, 4.69) is 154 Å². The fourth-order valence-electron chi connectivity index (χ4n) is 6.39. The average molecular weight is 553 g/mol. The van der Waals surface area contributed by atoms with E-state index in [9.17, 15) is 0 Å². The normalized spacial score (nSPS) is 14.2. The zero-order valence-electron chi connectivity index (χ0n) is 24.9. The standard InChI is InChI=1S/C40H40O2/c1-4-29(2)30-23-25-33(26-24-30)42-39(27-40(3,31-15-7-5-8-16-31)32-17-9-6-10-18-32)41-28-38-36-21-13-11-19-34(36)35-20-12-14-22-37(35)38/h5-26,29,38-39H,4,27-28H2,1-3H3. The molecule has 1 aliphatic rings. The lowest BCUT2D eigenvalue weighted by molar-refractivity contribution is -0.0943. The summed E-state index contributed by atoms with van der Waals surface area (Å²) in [6.07, 6.45) is 1.33. The van der Waals surface area contributed by atoms with E-state index in [1.54, 1.807) is 0 Å². The molecule has 212 valence electrons. The Labute approximate surface area is 251 Å². The van der Waals surface area contributed by atoms with Crippen LogP contribution in [0.15, 0.2) is 133 Å². The van der Waals surface area contributed by atoms with Crippen molar-refractivity contribution < 1.29 is 9.47 Å². The Hall–Kier alpha value is -4.14. The van der Waals surface area contributed by atoms with E-state index in [-0.39, 0.29) is 11.3 Å². The maximum absolute atomic E-state index is 6.86. The van der Waals surface area contributed by atoms with Crippen LogP contribution in [0.25, 0.3) is 11.1 Å². The van der Waals surface area contributed by atoms with Gasteiger partial charge >= 0.3 is 0 Å². The summed E-state index contributed by atoms with van der Waals surface area (Å²) in [4.78, 5) is 0. The molecule has 6 rings (SSSR count). The van der Waals surface area contributed by atoms with Gasteiger partial charge in [0.1, 0.15) is 5.75 Å². The van der Waals surface area contributed by atoms with Gasteiger partial charge in [0.25, 0.3) is 0 Å². The van der Waals surface area contributed by atoms with E-state index in [0.717, 1.165) is 12.2 Å². The summed E-state index contributed by atoms with van der Waals surface area (Å²) in [6.45, 7) is 7.35. The van der Waals surface area contributed by atoms with E-state index in [4.69, 9.17) is 9.47 Å². The Kier molecular flexibility index (Phi) is 8.26. The maximum Gasteiger partial charge on any atom is 0.201 e. The van der Waals surface area contributed by atoms with E-state index in [1.807, 2.05) is 0 Å². The predicted octanol–water partition coefficient (Wildman–Crippen LogP) is 10.1. The molecule has 0 amide bonds. The Morgan fingerprint density at radius 3 is 1.67 bits per heavy atom. The minimum Gasteiger partial charge on any atom is -0.465 e. The molecule has 0 aromatic heterocycles. The lowest BCUT2D eigenvalue weighted by Crippen LogP contribution is -2.34. The molecule has 0 fully saturated rings.